The van der Waals surface area contributed by atoms with Crippen molar-refractivity contribution in [3.05, 3.63) is 96.2 Å². The van der Waals surface area contributed by atoms with Crippen molar-refractivity contribution in [3.8, 4) is 0 Å². The second-order valence-electron chi connectivity index (χ2n) is 11.4. The van der Waals surface area contributed by atoms with E-state index in [1.807, 2.05) is 27.7 Å². The van der Waals surface area contributed by atoms with Gasteiger partial charge in [-0.3, -0.25) is 0 Å². The monoisotopic (exact) mass is 508 g/mol. The van der Waals surface area contributed by atoms with Gasteiger partial charge in [-0.1, -0.05) is 103 Å². The molecule has 0 saturated carbocycles. The van der Waals surface area contributed by atoms with E-state index < -0.39 is 11.2 Å². The fourth-order valence-electron chi connectivity index (χ4n) is 3.62. The minimum atomic E-state index is -0.815. The highest BCUT2D eigenvalue weighted by Gasteiger charge is 2.26. The van der Waals surface area contributed by atoms with Gasteiger partial charge in [0, 0.05) is 5.92 Å². The standard InChI is InChI=1S/C35H56O2/c1-9-10-11-12-13-14-15-16-17-18-21-30(2)22-19-23-31(3)24-20-25-32(4)26-27-33(35(7,8)37)28-29-34(5,6)36/h9-10,13-14,17-22,24-27,31,33,36-37H,11-12,15-16,23,28-29H2,1-8H3/b10-9+,14-13+,18-17+,22-19+,24-20+,27-26+,30-21+,32-25+/t31?,33-/m1/s1. The molecule has 2 heteroatoms. The molecule has 2 atom stereocenters. The van der Waals surface area contributed by atoms with Gasteiger partial charge in [-0.05, 0) is 99.3 Å². The van der Waals surface area contributed by atoms with E-state index in [1.165, 1.54) is 5.57 Å². The van der Waals surface area contributed by atoms with Gasteiger partial charge in [0.15, 0.2) is 0 Å². The maximum atomic E-state index is 10.5. The van der Waals surface area contributed by atoms with Gasteiger partial charge >= 0.3 is 0 Å². The van der Waals surface area contributed by atoms with Crippen LogP contribution < -0.4 is 0 Å². The van der Waals surface area contributed by atoms with Crippen LogP contribution in [-0.2, 0) is 0 Å². The lowest BCUT2D eigenvalue weighted by Gasteiger charge is -2.29. The molecule has 1 unspecified atom stereocenters. The molecular weight excluding hydrogens is 452 g/mol. The molecule has 0 aromatic carbocycles. The predicted molar refractivity (Wildman–Crippen MR) is 166 cm³/mol. The fourth-order valence-corrected chi connectivity index (χ4v) is 3.62. The van der Waals surface area contributed by atoms with Crippen LogP contribution in [0.4, 0.5) is 0 Å². The Labute approximate surface area is 229 Å². The zero-order chi connectivity index (χ0) is 28.2. The first-order chi connectivity index (χ1) is 17.3. The van der Waals surface area contributed by atoms with E-state index in [0.717, 1.165) is 44.1 Å². The molecule has 0 fully saturated rings. The molecule has 208 valence electrons. The van der Waals surface area contributed by atoms with E-state index in [1.54, 1.807) is 0 Å². The minimum absolute atomic E-state index is 0.00326. The highest BCUT2D eigenvalue weighted by molar-refractivity contribution is 5.24. The summed E-state index contributed by atoms with van der Waals surface area (Å²) in [4.78, 5) is 0. The average molecular weight is 509 g/mol. The minimum Gasteiger partial charge on any atom is -0.390 e. The third-order valence-electron chi connectivity index (χ3n) is 6.15. The molecule has 2 N–H and O–H groups in total. The maximum Gasteiger partial charge on any atom is 0.0654 e. The van der Waals surface area contributed by atoms with Crippen molar-refractivity contribution in [2.24, 2.45) is 11.8 Å². The number of aliphatic hydroxyl groups is 2. The molecule has 0 aliphatic heterocycles. The number of hydrogen-bond donors (Lipinski definition) is 2. The van der Waals surface area contributed by atoms with E-state index >= 15 is 0 Å². The number of hydrogen-bond acceptors (Lipinski definition) is 2. The summed E-state index contributed by atoms with van der Waals surface area (Å²) in [5.74, 6) is 0.458. The smallest absolute Gasteiger partial charge is 0.0654 e. The molecule has 0 aliphatic rings. The Balaban J connectivity index is 4.52. The number of unbranched alkanes of at least 4 members (excludes halogenated alkanes) is 2. The van der Waals surface area contributed by atoms with Crippen LogP contribution in [0.2, 0.25) is 0 Å². The second kappa shape index (κ2) is 19.9. The summed E-state index contributed by atoms with van der Waals surface area (Å²) < 4.78 is 0. The van der Waals surface area contributed by atoms with Gasteiger partial charge in [-0.25, -0.2) is 0 Å². The summed E-state index contributed by atoms with van der Waals surface area (Å²) in [5, 5.41) is 20.5. The Morgan fingerprint density at radius 3 is 1.89 bits per heavy atom. The lowest BCUT2D eigenvalue weighted by molar-refractivity contribution is 0.0140. The zero-order valence-corrected chi connectivity index (χ0v) is 25.1. The van der Waals surface area contributed by atoms with Gasteiger partial charge < -0.3 is 10.2 Å². The number of allylic oxidation sites excluding steroid dienone is 15. The SMILES string of the molecule is C/C=C/CC/C=C/CC/C=C/C=C(C)/C=C/CC(C)/C=C/C=C(C)/C=C/[C@H](CCC(C)(C)O)C(C)(C)O. The Hall–Kier alpha value is -2.16. The van der Waals surface area contributed by atoms with Crippen LogP contribution >= 0.6 is 0 Å². The molecule has 0 bridgehead atoms. The third-order valence-corrected chi connectivity index (χ3v) is 6.15. The molecule has 0 aromatic rings. The first kappa shape index (κ1) is 34.8. The summed E-state index contributed by atoms with van der Waals surface area (Å²) in [6.45, 7) is 15.8. The van der Waals surface area contributed by atoms with Crippen molar-refractivity contribution in [1.29, 1.82) is 0 Å². The Bertz CT molecular complexity index is 829. The molecule has 0 saturated heterocycles. The Kier molecular flexibility index (Phi) is 18.7. The topological polar surface area (TPSA) is 40.5 Å². The van der Waals surface area contributed by atoms with Crippen LogP contribution in [0, 0.1) is 11.8 Å². The summed E-state index contributed by atoms with van der Waals surface area (Å²) in [5.41, 5.74) is 0.876. The quantitative estimate of drug-likeness (QED) is 0.110. The van der Waals surface area contributed by atoms with Gasteiger partial charge in [-0.2, -0.15) is 0 Å². The molecule has 0 heterocycles. The maximum absolute atomic E-state index is 10.5. The van der Waals surface area contributed by atoms with Gasteiger partial charge in [-0.15, -0.1) is 0 Å². The summed E-state index contributed by atoms with van der Waals surface area (Å²) in [7, 11) is 0. The normalized spacial score (nSPS) is 16.6. The van der Waals surface area contributed by atoms with Crippen LogP contribution in [0.3, 0.4) is 0 Å². The molecule has 37 heavy (non-hydrogen) atoms. The fraction of sp³-hybridized carbons (Fsp3) is 0.543. The summed E-state index contributed by atoms with van der Waals surface area (Å²) in [6, 6.07) is 0. The molecule has 2 nitrogen and oxygen atoms in total. The molecule has 0 aromatic heterocycles. The Morgan fingerprint density at radius 2 is 1.30 bits per heavy atom. The summed E-state index contributed by atoms with van der Waals surface area (Å²) in [6.07, 6.45) is 37.3. The first-order valence-corrected chi connectivity index (χ1v) is 14.1. The van der Waals surface area contributed by atoms with Crippen molar-refractivity contribution < 1.29 is 10.2 Å². The van der Waals surface area contributed by atoms with E-state index in [4.69, 9.17) is 0 Å². The van der Waals surface area contributed by atoms with Crippen molar-refractivity contribution >= 4 is 0 Å². The zero-order valence-electron chi connectivity index (χ0n) is 25.1. The molecule has 0 aliphatic carbocycles. The molecule has 0 rings (SSSR count). The van der Waals surface area contributed by atoms with Gasteiger partial charge in [0.1, 0.15) is 0 Å². The van der Waals surface area contributed by atoms with Gasteiger partial charge in [0.2, 0.25) is 0 Å². The van der Waals surface area contributed by atoms with Gasteiger partial charge in [0.05, 0.1) is 11.2 Å². The largest absolute Gasteiger partial charge is 0.390 e. The first-order valence-electron chi connectivity index (χ1n) is 14.1. The highest BCUT2D eigenvalue weighted by atomic mass is 16.3. The van der Waals surface area contributed by atoms with E-state index in [0.29, 0.717) is 12.3 Å². The van der Waals surface area contributed by atoms with Crippen molar-refractivity contribution in [3.63, 3.8) is 0 Å². The van der Waals surface area contributed by atoms with Gasteiger partial charge in [0.25, 0.3) is 0 Å². The molecule has 0 spiro atoms. The molecular formula is C35H56O2. The number of rotatable bonds is 18. The van der Waals surface area contributed by atoms with Crippen LogP contribution in [0.5, 0.6) is 0 Å². The summed E-state index contributed by atoms with van der Waals surface area (Å²) >= 11 is 0. The average Bonchev–Trinajstić information content (AvgIpc) is 2.78. The van der Waals surface area contributed by atoms with Crippen LogP contribution in [0.25, 0.3) is 0 Å². The van der Waals surface area contributed by atoms with Crippen LogP contribution in [-0.4, -0.2) is 21.4 Å². The molecule has 0 radical (unpaired) electrons. The second-order valence-corrected chi connectivity index (χ2v) is 11.4. The lowest BCUT2D eigenvalue weighted by Crippen LogP contribution is -2.31. The van der Waals surface area contributed by atoms with Crippen molar-refractivity contribution in [2.75, 3.05) is 0 Å². The van der Waals surface area contributed by atoms with Crippen molar-refractivity contribution in [2.45, 2.75) is 112 Å². The van der Waals surface area contributed by atoms with E-state index in [-0.39, 0.29) is 5.92 Å². The van der Waals surface area contributed by atoms with E-state index in [9.17, 15) is 10.2 Å². The van der Waals surface area contributed by atoms with Crippen molar-refractivity contribution in [1.82, 2.24) is 0 Å². The van der Waals surface area contributed by atoms with E-state index in [2.05, 4.69) is 113 Å². The Morgan fingerprint density at radius 1 is 0.730 bits per heavy atom. The lowest BCUT2D eigenvalue weighted by atomic mass is 9.84. The highest BCUT2D eigenvalue weighted by Crippen LogP contribution is 2.26. The molecule has 0 amide bonds. The predicted octanol–water partition coefficient (Wildman–Crippen LogP) is 9.76. The van der Waals surface area contributed by atoms with Crippen LogP contribution in [0.15, 0.2) is 96.2 Å². The third kappa shape index (κ3) is 22.7. The van der Waals surface area contributed by atoms with Crippen LogP contribution in [0.1, 0.15) is 100 Å².